The van der Waals surface area contributed by atoms with E-state index in [0.29, 0.717) is 24.7 Å². The van der Waals surface area contributed by atoms with Crippen LogP contribution < -0.4 is 10.9 Å². The summed E-state index contributed by atoms with van der Waals surface area (Å²) in [6.07, 6.45) is 1.47. The summed E-state index contributed by atoms with van der Waals surface area (Å²) in [6.45, 7) is 4.68. The molecule has 0 radical (unpaired) electrons. The molecule has 3 N–H and O–H groups in total. The van der Waals surface area contributed by atoms with E-state index < -0.39 is 0 Å². The summed E-state index contributed by atoms with van der Waals surface area (Å²) in [7, 11) is 4.08. The van der Waals surface area contributed by atoms with E-state index in [1.54, 1.807) is 29.5 Å². The van der Waals surface area contributed by atoms with Crippen LogP contribution in [0, 0.1) is 13.8 Å². The van der Waals surface area contributed by atoms with Crippen molar-refractivity contribution in [3.8, 4) is 5.75 Å². The van der Waals surface area contributed by atoms with Crippen LogP contribution in [0.2, 0.25) is 0 Å². The minimum absolute atomic E-state index is 0.153. The standard InChI is InChI=1S/C22H28N4O2S/c1-14-7-19(27)8-15(2)20(14)11-18(26(3)4)12-23-22-24-17(10-21(28)25-22)9-16-5-6-29-13-16/h5-8,10,13,18,27H,9,11-12H2,1-4H3,(H2,23,24,25,28)/t18-/m1/s1. The largest absolute Gasteiger partial charge is 0.508 e. The van der Waals surface area contributed by atoms with Gasteiger partial charge in [0.05, 0.1) is 5.69 Å². The van der Waals surface area contributed by atoms with Gasteiger partial charge in [0, 0.05) is 25.1 Å². The van der Waals surface area contributed by atoms with E-state index >= 15 is 0 Å². The summed E-state index contributed by atoms with van der Waals surface area (Å²) >= 11 is 1.64. The number of hydrogen-bond donors (Lipinski definition) is 3. The maximum atomic E-state index is 12.1. The van der Waals surface area contributed by atoms with Crippen LogP contribution in [0.5, 0.6) is 5.75 Å². The third-order valence-electron chi connectivity index (χ3n) is 5.12. The van der Waals surface area contributed by atoms with Gasteiger partial charge in [-0.2, -0.15) is 11.3 Å². The number of likely N-dealkylation sites (N-methyl/N-ethyl adjacent to an activating group) is 1. The Morgan fingerprint density at radius 3 is 2.59 bits per heavy atom. The molecule has 0 aliphatic rings. The van der Waals surface area contributed by atoms with E-state index in [-0.39, 0.29) is 11.6 Å². The lowest BCUT2D eigenvalue weighted by Gasteiger charge is -2.26. The van der Waals surface area contributed by atoms with Crippen molar-refractivity contribution in [3.05, 3.63) is 73.3 Å². The van der Waals surface area contributed by atoms with E-state index in [4.69, 9.17) is 0 Å². The van der Waals surface area contributed by atoms with Crippen molar-refractivity contribution in [1.82, 2.24) is 14.9 Å². The van der Waals surface area contributed by atoms with Crippen molar-refractivity contribution >= 4 is 17.3 Å². The third kappa shape index (κ3) is 5.68. The molecule has 154 valence electrons. The average Bonchev–Trinajstić information content (AvgIpc) is 3.12. The van der Waals surface area contributed by atoms with Gasteiger partial charge < -0.3 is 15.3 Å². The first-order chi connectivity index (χ1) is 13.8. The number of aromatic hydroxyl groups is 1. The molecule has 1 aromatic carbocycles. The Morgan fingerprint density at radius 2 is 1.97 bits per heavy atom. The molecule has 0 bridgehead atoms. The molecule has 6 nitrogen and oxygen atoms in total. The molecular weight excluding hydrogens is 384 g/mol. The van der Waals surface area contributed by atoms with Crippen molar-refractivity contribution in [1.29, 1.82) is 0 Å². The van der Waals surface area contributed by atoms with Crippen LogP contribution >= 0.6 is 11.3 Å². The molecule has 0 amide bonds. The molecule has 29 heavy (non-hydrogen) atoms. The number of benzene rings is 1. The molecule has 0 aliphatic heterocycles. The van der Waals surface area contributed by atoms with Gasteiger partial charge in [-0.3, -0.25) is 9.78 Å². The fourth-order valence-corrected chi connectivity index (χ4v) is 4.13. The third-order valence-corrected chi connectivity index (χ3v) is 5.85. The van der Waals surface area contributed by atoms with Gasteiger partial charge >= 0.3 is 0 Å². The summed E-state index contributed by atoms with van der Waals surface area (Å²) in [6, 6.07) is 7.40. The first-order valence-electron chi connectivity index (χ1n) is 9.62. The second-order valence-corrected chi connectivity index (χ2v) is 8.43. The zero-order chi connectivity index (χ0) is 21.0. The van der Waals surface area contributed by atoms with Gasteiger partial charge in [0.25, 0.3) is 5.56 Å². The number of phenols is 1. The minimum atomic E-state index is -0.153. The highest BCUT2D eigenvalue weighted by Gasteiger charge is 2.16. The van der Waals surface area contributed by atoms with Crippen LogP contribution in [0.25, 0.3) is 0 Å². The number of phenolic OH excluding ortho intramolecular Hbond substituents is 1. The Hall–Kier alpha value is -2.64. The molecule has 1 atom stereocenters. The monoisotopic (exact) mass is 412 g/mol. The molecule has 3 rings (SSSR count). The van der Waals surface area contributed by atoms with Crippen LogP contribution in [0.4, 0.5) is 5.95 Å². The Bertz CT molecular complexity index is 989. The molecule has 0 saturated heterocycles. The number of nitrogens with one attached hydrogen (secondary N) is 2. The van der Waals surface area contributed by atoms with Crippen LogP contribution in [-0.4, -0.2) is 46.7 Å². The highest BCUT2D eigenvalue weighted by molar-refractivity contribution is 7.07. The number of thiophene rings is 1. The van der Waals surface area contributed by atoms with Gasteiger partial charge in [-0.25, -0.2) is 4.98 Å². The normalized spacial score (nSPS) is 12.3. The maximum Gasteiger partial charge on any atom is 0.252 e. The molecule has 0 spiro atoms. The quantitative estimate of drug-likeness (QED) is 0.529. The Balaban J connectivity index is 1.72. The molecule has 0 unspecified atom stereocenters. The van der Waals surface area contributed by atoms with Gasteiger partial charge in [-0.15, -0.1) is 0 Å². The molecule has 0 aliphatic carbocycles. The Kier molecular flexibility index (Phi) is 6.71. The van der Waals surface area contributed by atoms with Gasteiger partial charge in [-0.1, -0.05) is 0 Å². The number of anilines is 1. The number of aryl methyl sites for hydroxylation is 2. The van der Waals surface area contributed by atoms with Gasteiger partial charge in [-0.05, 0) is 85.6 Å². The summed E-state index contributed by atoms with van der Waals surface area (Å²) < 4.78 is 0. The van der Waals surface area contributed by atoms with E-state index in [0.717, 1.165) is 28.8 Å². The predicted molar refractivity (Wildman–Crippen MR) is 119 cm³/mol. The molecule has 2 heterocycles. The maximum absolute atomic E-state index is 12.1. The highest BCUT2D eigenvalue weighted by Crippen LogP contribution is 2.23. The molecule has 3 aromatic rings. The lowest BCUT2D eigenvalue weighted by molar-refractivity contribution is 0.302. The molecule has 0 fully saturated rings. The molecular formula is C22H28N4O2S. The van der Waals surface area contributed by atoms with Crippen LogP contribution in [-0.2, 0) is 12.8 Å². The second-order valence-electron chi connectivity index (χ2n) is 7.65. The molecule has 7 heteroatoms. The van der Waals surface area contributed by atoms with Gasteiger partial charge in [0.2, 0.25) is 5.95 Å². The number of aromatic amines is 1. The van der Waals surface area contributed by atoms with Crippen molar-refractivity contribution in [2.75, 3.05) is 26.0 Å². The summed E-state index contributed by atoms with van der Waals surface area (Å²) in [5.41, 5.74) is 5.15. The summed E-state index contributed by atoms with van der Waals surface area (Å²) in [5.74, 6) is 0.793. The Morgan fingerprint density at radius 1 is 1.24 bits per heavy atom. The molecule has 2 aromatic heterocycles. The van der Waals surface area contributed by atoms with E-state index in [2.05, 4.69) is 25.6 Å². The van der Waals surface area contributed by atoms with Crippen LogP contribution in [0.15, 0.2) is 39.8 Å². The van der Waals surface area contributed by atoms with E-state index in [1.807, 2.05) is 39.4 Å². The zero-order valence-electron chi connectivity index (χ0n) is 17.3. The van der Waals surface area contributed by atoms with Crippen LogP contribution in [0.1, 0.15) is 27.9 Å². The number of aromatic nitrogens is 2. The average molecular weight is 413 g/mol. The zero-order valence-corrected chi connectivity index (χ0v) is 18.1. The smallest absolute Gasteiger partial charge is 0.252 e. The van der Waals surface area contributed by atoms with Crippen molar-refractivity contribution in [2.24, 2.45) is 0 Å². The first kappa shape index (κ1) is 21.1. The summed E-state index contributed by atoms with van der Waals surface area (Å²) in [4.78, 5) is 21.6. The number of nitrogens with zero attached hydrogens (tertiary/aromatic N) is 2. The fourth-order valence-electron chi connectivity index (χ4n) is 3.46. The molecule has 0 saturated carbocycles. The second kappa shape index (κ2) is 9.24. The van der Waals surface area contributed by atoms with Gasteiger partial charge in [0.1, 0.15) is 5.75 Å². The van der Waals surface area contributed by atoms with Crippen LogP contribution in [0.3, 0.4) is 0 Å². The Labute approximate surface area is 175 Å². The number of hydrogen-bond acceptors (Lipinski definition) is 6. The topological polar surface area (TPSA) is 81.2 Å². The lowest BCUT2D eigenvalue weighted by atomic mass is 9.95. The van der Waals surface area contributed by atoms with Crippen molar-refractivity contribution < 1.29 is 5.11 Å². The fraction of sp³-hybridized carbons (Fsp3) is 0.364. The van der Waals surface area contributed by atoms with Crippen molar-refractivity contribution in [2.45, 2.75) is 32.7 Å². The lowest BCUT2D eigenvalue weighted by Crippen LogP contribution is -2.37. The van der Waals surface area contributed by atoms with Crippen molar-refractivity contribution in [3.63, 3.8) is 0 Å². The minimum Gasteiger partial charge on any atom is -0.508 e. The van der Waals surface area contributed by atoms with Gasteiger partial charge in [0.15, 0.2) is 0 Å². The number of H-pyrrole nitrogens is 1. The predicted octanol–water partition coefficient (Wildman–Crippen LogP) is 3.33. The number of rotatable bonds is 8. The highest BCUT2D eigenvalue weighted by atomic mass is 32.1. The SMILES string of the molecule is Cc1cc(O)cc(C)c1C[C@H](CNc1nc(Cc2ccsc2)cc(=O)[nH]1)N(C)C. The van der Waals surface area contributed by atoms with E-state index in [1.165, 1.54) is 5.56 Å². The summed E-state index contributed by atoms with van der Waals surface area (Å²) in [5, 5.41) is 17.2. The first-order valence-corrected chi connectivity index (χ1v) is 10.6. The van der Waals surface area contributed by atoms with E-state index in [9.17, 15) is 9.90 Å².